The van der Waals surface area contributed by atoms with Crippen molar-refractivity contribution in [2.75, 3.05) is 25.5 Å². The molecule has 0 saturated carbocycles. The van der Waals surface area contributed by atoms with Gasteiger partial charge in [0.25, 0.3) is 5.69 Å². The summed E-state index contributed by atoms with van der Waals surface area (Å²) in [5.74, 6) is 0.730. The van der Waals surface area contributed by atoms with E-state index in [4.69, 9.17) is 4.74 Å². The maximum Gasteiger partial charge on any atom is 0.315 e. The zero-order valence-electron chi connectivity index (χ0n) is 13.8. The Labute approximate surface area is 145 Å². The summed E-state index contributed by atoms with van der Waals surface area (Å²) in [5.41, 5.74) is 1.35. The van der Waals surface area contributed by atoms with E-state index in [2.05, 4.69) is 16.0 Å². The fraction of sp³-hybridized carbons (Fsp3) is 0.235. The van der Waals surface area contributed by atoms with E-state index in [0.717, 1.165) is 11.3 Å². The van der Waals surface area contributed by atoms with Crippen LogP contribution in [0.4, 0.5) is 16.2 Å². The molecule has 0 aliphatic carbocycles. The molecule has 2 rings (SSSR count). The average Bonchev–Trinajstić information content (AvgIpc) is 2.64. The van der Waals surface area contributed by atoms with Crippen LogP contribution >= 0.6 is 0 Å². The molecular weight excluding hydrogens is 324 g/mol. The minimum atomic E-state index is -0.448. The number of benzene rings is 2. The molecule has 132 valence electrons. The van der Waals surface area contributed by atoms with Crippen molar-refractivity contribution in [1.29, 1.82) is 0 Å². The highest BCUT2D eigenvalue weighted by Gasteiger charge is 2.11. The van der Waals surface area contributed by atoms with Crippen LogP contribution in [0.5, 0.6) is 5.75 Å². The highest BCUT2D eigenvalue weighted by atomic mass is 16.6. The number of nitro groups is 1. The standard InChI is InChI=1S/C17H20N4O4/c1-25-14-6-4-5-13(11-14)12-20-17(22)19-10-9-18-15-7-2-3-8-16(15)21(23)24/h2-8,11,18H,9-10,12H2,1H3,(H2,19,20,22). The van der Waals surface area contributed by atoms with Gasteiger partial charge in [0.2, 0.25) is 0 Å². The van der Waals surface area contributed by atoms with Gasteiger partial charge in [-0.2, -0.15) is 0 Å². The van der Waals surface area contributed by atoms with Crippen molar-refractivity contribution in [3.05, 3.63) is 64.2 Å². The lowest BCUT2D eigenvalue weighted by Gasteiger charge is -2.10. The van der Waals surface area contributed by atoms with Gasteiger partial charge in [0.15, 0.2) is 0 Å². The predicted molar refractivity (Wildman–Crippen MR) is 94.8 cm³/mol. The van der Waals surface area contributed by atoms with Crippen molar-refractivity contribution in [1.82, 2.24) is 10.6 Å². The number of ether oxygens (including phenoxy) is 1. The van der Waals surface area contributed by atoms with E-state index in [1.165, 1.54) is 6.07 Å². The van der Waals surface area contributed by atoms with Crippen molar-refractivity contribution in [3.63, 3.8) is 0 Å². The molecule has 2 aromatic rings. The summed E-state index contributed by atoms with van der Waals surface area (Å²) < 4.78 is 5.13. The lowest BCUT2D eigenvalue weighted by molar-refractivity contribution is -0.384. The Balaban J connectivity index is 1.71. The van der Waals surface area contributed by atoms with Crippen LogP contribution in [0.3, 0.4) is 0 Å². The van der Waals surface area contributed by atoms with Gasteiger partial charge < -0.3 is 20.7 Å². The Kier molecular flexibility index (Phi) is 6.58. The molecule has 0 atom stereocenters. The first kappa shape index (κ1) is 18.1. The molecule has 3 N–H and O–H groups in total. The van der Waals surface area contributed by atoms with Gasteiger partial charge in [0.05, 0.1) is 12.0 Å². The maximum absolute atomic E-state index is 11.8. The van der Waals surface area contributed by atoms with Crippen LogP contribution < -0.4 is 20.7 Å². The molecule has 0 aliphatic heterocycles. The third-order valence-corrected chi connectivity index (χ3v) is 3.41. The normalized spacial score (nSPS) is 9.96. The Morgan fingerprint density at radius 3 is 2.68 bits per heavy atom. The minimum absolute atomic E-state index is 0.00461. The zero-order chi connectivity index (χ0) is 18.1. The molecule has 0 heterocycles. The number of hydrogen-bond acceptors (Lipinski definition) is 5. The van der Waals surface area contributed by atoms with Crippen molar-refractivity contribution in [3.8, 4) is 5.75 Å². The fourth-order valence-electron chi connectivity index (χ4n) is 2.18. The van der Waals surface area contributed by atoms with Gasteiger partial charge in [-0.25, -0.2) is 4.79 Å². The van der Waals surface area contributed by atoms with Gasteiger partial charge in [-0.1, -0.05) is 24.3 Å². The van der Waals surface area contributed by atoms with Gasteiger partial charge in [0, 0.05) is 25.7 Å². The number of carbonyl (C=O) groups is 1. The average molecular weight is 344 g/mol. The molecule has 0 spiro atoms. The van der Waals surface area contributed by atoms with Gasteiger partial charge in [0.1, 0.15) is 11.4 Å². The van der Waals surface area contributed by atoms with Crippen LogP contribution in [-0.2, 0) is 6.54 Å². The van der Waals surface area contributed by atoms with Crippen LogP contribution in [0.1, 0.15) is 5.56 Å². The third kappa shape index (κ3) is 5.69. The van der Waals surface area contributed by atoms with E-state index < -0.39 is 4.92 Å². The second-order valence-corrected chi connectivity index (χ2v) is 5.16. The largest absolute Gasteiger partial charge is 0.497 e. The van der Waals surface area contributed by atoms with Gasteiger partial charge >= 0.3 is 6.03 Å². The van der Waals surface area contributed by atoms with Crippen molar-refractivity contribution in [2.24, 2.45) is 0 Å². The number of urea groups is 1. The highest BCUT2D eigenvalue weighted by Crippen LogP contribution is 2.22. The number of rotatable bonds is 8. The maximum atomic E-state index is 11.8. The molecule has 25 heavy (non-hydrogen) atoms. The SMILES string of the molecule is COc1cccc(CNC(=O)NCCNc2ccccc2[N+](=O)[O-])c1. The summed E-state index contributed by atoms with van der Waals surface area (Å²) in [5, 5.41) is 19.3. The smallest absolute Gasteiger partial charge is 0.315 e. The first-order chi connectivity index (χ1) is 12.1. The number of nitrogens with zero attached hydrogens (tertiary/aromatic N) is 1. The van der Waals surface area contributed by atoms with E-state index >= 15 is 0 Å². The van der Waals surface area contributed by atoms with Gasteiger partial charge in [-0.3, -0.25) is 10.1 Å². The second-order valence-electron chi connectivity index (χ2n) is 5.16. The van der Waals surface area contributed by atoms with Gasteiger partial charge in [-0.05, 0) is 23.8 Å². The van der Waals surface area contributed by atoms with Crippen molar-refractivity contribution >= 4 is 17.4 Å². The summed E-state index contributed by atoms with van der Waals surface area (Å²) in [7, 11) is 1.59. The van der Waals surface area contributed by atoms with Crippen molar-refractivity contribution < 1.29 is 14.5 Å². The first-order valence-corrected chi connectivity index (χ1v) is 7.72. The van der Waals surface area contributed by atoms with Crippen LogP contribution in [0.15, 0.2) is 48.5 Å². The first-order valence-electron chi connectivity index (χ1n) is 7.72. The lowest BCUT2D eigenvalue weighted by atomic mass is 10.2. The van der Waals surface area contributed by atoms with Crippen LogP contribution in [0.25, 0.3) is 0 Å². The lowest BCUT2D eigenvalue weighted by Crippen LogP contribution is -2.37. The number of amides is 2. The summed E-state index contributed by atoms with van der Waals surface area (Å²) in [6.45, 7) is 1.08. The Morgan fingerprint density at radius 1 is 1.12 bits per heavy atom. The van der Waals surface area contributed by atoms with Crippen LogP contribution in [-0.4, -0.2) is 31.2 Å². The number of anilines is 1. The molecule has 2 amide bonds. The molecule has 8 heteroatoms. The Morgan fingerprint density at radius 2 is 1.92 bits per heavy atom. The van der Waals surface area contributed by atoms with Crippen molar-refractivity contribution in [2.45, 2.75) is 6.54 Å². The molecule has 0 saturated heterocycles. The summed E-state index contributed by atoms with van der Waals surface area (Å²) in [6, 6.07) is 13.5. The molecule has 0 aliphatic rings. The van der Waals surface area contributed by atoms with E-state index in [9.17, 15) is 14.9 Å². The zero-order valence-corrected chi connectivity index (χ0v) is 13.8. The molecule has 0 radical (unpaired) electrons. The number of hydrogen-bond donors (Lipinski definition) is 3. The quantitative estimate of drug-likeness (QED) is 0.388. The summed E-state index contributed by atoms with van der Waals surface area (Å²) in [6.07, 6.45) is 0. The monoisotopic (exact) mass is 344 g/mol. The fourth-order valence-corrected chi connectivity index (χ4v) is 2.18. The minimum Gasteiger partial charge on any atom is -0.497 e. The number of nitro benzene ring substituents is 1. The predicted octanol–water partition coefficient (Wildman–Crippen LogP) is 2.51. The van der Waals surface area contributed by atoms with E-state index in [1.54, 1.807) is 25.3 Å². The topological polar surface area (TPSA) is 106 Å². The van der Waals surface area contributed by atoms with E-state index in [0.29, 0.717) is 25.3 Å². The molecule has 2 aromatic carbocycles. The molecule has 0 bridgehead atoms. The number of carbonyl (C=O) groups excluding carboxylic acids is 1. The Bertz CT molecular complexity index is 736. The summed E-state index contributed by atoms with van der Waals surface area (Å²) in [4.78, 5) is 22.2. The van der Waals surface area contributed by atoms with E-state index in [-0.39, 0.29) is 11.7 Å². The Hall–Kier alpha value is -3.29. The van der Waals surface area contributed by atoms with Crippen LogP contribution in [0, 0.1) is 10.1 Å². The van der Waals surface area contributed by atoms with Gasteiger partial charge in [-0.15, -0.1) is 0 Å². The molecule has 8 nitrogen and oxygen atoms in total. The molecule has 0 unspecified atom stereocenters. The van der Waals surface area contributed by atoms with E-state index in [1.807, 2.05) is 24.3 Å². The molecule has 0 aromatic heterocycles. The summed E-state index contributed by atoms with van der Waals surface area (Å²) >= 11 is 0. The molecular formula is C17H20N4O4. The third-order valence-electron chi connectivity index (χ3n) is 3.41. The number of methoxy groups -OCH3 is 1. The van der Waals surface area contributed by atoms with Crippen LogP contribution in [0.2, 0.25) is 0 Å². The number of nitrogens with one attached hydrogen (secondary N) is 3. The molecule has 0 fully saturated rings. The second kappa shape index (κ2) is 9.11. The number of para-hydroxylation sites is 2. The highest BCUT2D eigenvalue weighted by molar-refractivity contribution is 5.73.